The predicted octanol–water partition coefficient (Wildman–Crippen LogP) is 2.12. The molecule has 0 aromatic carbocycles. The Morgan fingerprint density at radius 2 is 2.19 bits per heavy atom. The Morgan fingerprint density at radius 3 is 2.88 bits per heavy atom. The molecule has 1 aliphatic rings. The number of likely N-dealkylation sites (tertiary alicyclic amines) is 1. The number of carbonyl (C=O) groups excluding carboxylic acids is 2. The summed E-state index contributed by atoms with van der Waals surface area (Å²) < 4.78 is 15.2. The minimum absolute atomic E-state index is 0.0975. The van der Waals surface area contributed by atoms with Gasteiger partial charge in [-0.1, -0.05) is 5.16 Å². The molecular weight excluding hydrogens is 338 g/mol. The topological polar surface area (TPSA) is 97.8 Å². The number of carbonyl (C=O) groups is 2. The smallest absolute Gasteiger partial charge is 0.373 e. The maximum absolute atomic E-state index is 12.3. The molecule has 8 nitrogen and oxygen atoms in total. The van der Waals surface area contributed by atoms with Crippen LogP contribution in [-0.4, -0.2) is 42.1 Å². The van der Waals surface area contributed by atoms with Gasteiger partial charge in [0.05, 0.1) is 25.9 Å². The Bertz CT molecular complexity index is 775. The first kappa shape index (κ1) is 18.2. The Labute approximate surface area is 151 Å². The van der Waals surface area contributed by atoms with E-state index in [4.69, 9.17) is 8.94 Å². The SMILES string of the molecule is COC(=O)c1ccc(CNC(=O)CN2CCCC2c2c(C)noc2C)o1. The van der Waals surface area contributed by atoms with Gasteiger partial charge in [0.2, 0.25) is 11.7 Å². The first-order valence-corrected chi connectivity index (χ1v) is 8.60. The van der Waals surface area contributed by atoms with Crippen LogP contribution in [0.1, 0.15) is 52.2 Å². The molecule has 0 aliphatic carbocycles. The lowest BCUT2D eigenvalue weighted by atomic mass is 10.0. The van der Waals surface area contributed by atoms with E-state index < -0.39 is 5.97 Å². The fraction of sp³-hybridized carbons (Fsp3) is 0.500. The number of amides is 1. The largest absolute Gasteiger partial charge is 0.463 e. The van der Waals surface area contributed by atoms with E-state index >= 15 is 0 Å². The number of nitrogens with one attached hydrogen (secondary N) is 1. The highest BCUT2D eigenvalue weighted by Crippen LogP contribution is 2.35. The average Bonchev–Trinajstić information content (AvgIpc) is 3.34. The lowest BCUT2D eigenvalue weighted by Crippen LogP contribution is -2.36. The van der Waals surface area contributed by atoms with Gasteiger partial charge in [-0.3, -0.25) is 9.69 Å². The first-order valence-electron chi connectivity index (χ1n) is 8.60. The molecule has 0 radical (unpaired) electrons. The van der Waals surface area contributed by atoms with Crippen molar-refractivity contribution in [1.29, 1.82) is 0 Å². The first-order chi connectivity index (χ1) is 12.5. The number of esters is 1. The van der Waals surface area contributed by atoms with Crippen LogP contribution in [0.5, 0.6) is 0 Å². The standard InChI is InChI=1S/C18H23N3O5/c1-11-17(12(2)26-20-11)14-5-4-8-21(14)10-16(22)19-9-13-6-7-15(25-13)18(23)24-3/h6-7,14H,4-5,8-10H2,1-3H3,(H,19,22). The second kappa shape index (κ2) is 7.74. The normalized spacial score (nSPS) is 17.4. The van der Waals surface area contributed by atoms with Gasteiger partial charge >= 0.3 is 5.97 Å². The van der Waals surface area contributed by atoms with Crippen LogP contribution < -0.4 is 5.32 Å². The lowest BCUT2D eigenvalue weighted by Gasteiger charge is -2.23. The van der Waals surface area contributed by atoms with Gasteiger partial charge in [0, 0.05) is 11.6 Å². The molecule has 1 aliphatic heterocycles. The number of rotatable bonds is 6. The molecule has 1 amide bonds. The molecule has 8 heteroatoms. The van der Waals surface area contributed by atoms with Gasteiger partial charge in [-0.2, -0.15) is 0 Å². The number of methoxy groups -OCH3 is 1. The van der Waals surface area contributed by atoms with Crippen molar-refractivity contribution >= 4 is 11.9 Å². The van der Waals surface area contributed by atoms with Gasteiger partial charge in [0.15, 0.2) is 0 Å². The molecule has 2 aromatic heterocycles. The number of aromatic nitrogens is 1. The van der Waals surface area contributed by atoms with Crippen molar-refractivity contribution in [2.75, 3.05) is 20.2 Å². The zero-order chi connectivity index (χ0) is 18.7. The van der Waals surface area contributed by atoms with Gasteiger partial charge in [0.1, 0.15) is 11.5 Å². The van der Waals surface area contributed by atoms with E-state index in [0.717, 1.165) is 36.4 Å². The van der Waals surface area contributed by atoms with E-state index in [9.17, 15) is 9.59 Å². The summed E-state index contributed by atoms with van der Waals surface area (Å²) in [6.07, 6.45) is 2.01. The predicted molar refractivity (Wildman–Crippen MR) is 91.4 cm³/mol. The fourth-order valence-corrected chi connectivity index (χ4v) is 3.42. The molecular formula is C18H23N3O5. The Morgan fingerprint density at radius 1 is 1.38 bits per heavy atom. The molecule has 26 heavy (non-hydrogen) atoms. The van der Waals surface area contributed by atoms with Gasteiger partial charge in [-0.25, -0.2) is 4.79 Å². The lowest BCUT2D eigenvalue weighted by molar-refractivity contribution is -0.122. The summed E-state index contributed by atoms with van der Waals surface area (Å²) in [5.41, 5.74) is 1.97. The van der Waals surface area contributed by atoms with Gasteiger partial charge in [-0.15, -0.1) is 0 Å². The molecule has 2 aromatic rings. The van der Waals surface area contributed by atoms with Crippen molar-refractivity contribution in [1.82, 2.24) is 15.4 Å². The summed E-state index contributed by atoms with van der Waals surface area (Å²) >= 11 is 0. The van der Waals surface area contributed by atoms with Crippen molar-refractivity contribution in [3.63, 3.8) is 0 Å². The van der Waals surface area contributed by atoms with Crippen LogP contribution in [0.2, 0.25) is 0 Å². The summed E-state index contributed by atoms with van der Waals surface area (Å²) in [5, 5.41) is 6.85. The van der Waals surface area contributed by atoms with Crippen LogP contribution in [-0.2, 0) is 16.1 Å². The third kappa shape index (κ3) is 3.80. The number of hydrogen-bond donors (Lipinski definition) is 1. The minimum Gasteiger partial charge on any atom is -0.463 e. The number of furan rings is 1. The average molecular weight is 361 g/mol. The second-order valence-electron chi connectivity index (χ2n) is 6.40. The third-order valence-corrected chi connectivity index (χ3v) is 4.64. The molecule has 1 fully saturated rings. The van der Waals surface area contributed by atoms with Gasteiger partial charge in [0.25, 0.3) is 0 Å². The van der Waals surface area contributed by atoms with Crippen LogP contribution in [0.25, 0.3) is 0 Å². The van der Waals surface area contributed by atoms with Crippen molar-refractivity contribution in [3.05, 3.63) is 40.7 Å². The van der Waals surface area contributed by atoms with Crippen molar-refractivity contribution in [3.8, 4) is 0 Å². The van der Waals surface area contributed by atoms with E-state index in [1.165, 1.54) is 13.2 Å². The number of hydrogen-bond acceptors (Lipinski definition) is 7. The minimum atomic E-state index is -0.540. The summed E-state index contributed by atoms with van der Waals surface area (Å²) in [6.45, 7) is 5.20. The van der Waals surface area contributed by atoms with Gasteiger partial charge < -0.3 is 19.0 Å². The molecule has 3 heterocycles. The summed E-state index contributed by atoms with van der Waals surface area (Å²) in [7, 11) is 1.29. The fourth-order valence-electron chi connectivity index (χ4n) is 3.42. The van der Waals surface area contributed by atoms with Crippen LogP contribution in [0.15, 0.2) is 21.1 Å². The van der Waals surface area contributed by atoms with E-state index in [-0.39, 0.29) is 24.3 Å². The van der Waals surface area contributed by atoms with Crippen LogP contribution in [0.3, 0.4) is 0 Å². The Kier molecular flexibility index (Phi) is 5.41. The van der Waals surface area contributed by atoms with Gasteiger partial charge in [-0.05, 0) is 45.4 Å². The van der Waals surface area contributed by atoms with E-state index in [1.807, 2.05) is 13.8 Å². The number of ether oxygens (including phenoxy) is 1. The molecule has 1 atom stereocenters. The van der Waals surface area contributed by atoms with Crippen LogP contribution >= 0.6 is 0 Å². The van der Waals surface area contributed by atoms with Crippen molar-refractivity contribution in [2.45, 2.75) is 39.3 Å². The maximum Gasteiger partial charge on any atom is 0.373 e. The van der Waals surface area contributed by atoms with Crippen LogP contribution in [0.4, 0.5) is 0 Å². The molecule has 1 unspecified atom stereocenters. The number of nitrogens with zero attached hydrogens (tertiary/aromatic N) is 2. The maximum atomic E-state index is 12.3. The molecule has 0 saturated carbocycles. The molecule has 0 spiro atoms. The van der Waals surface area contributed by atoms with E-state index in [1.54, 1.807) is 6.07 Å². The van der Waals surface area contributed by atoms with Crippen molar-refractivity contribution < 1.29 is 23.3 Å². The molecule has 3 rings (SSSR count). The Balaban J connectivity index is 1.56. The van der Waals surface area contributed by atoms with Crippen molar-refractivity contribution in [2.24, 2.45) is 0 Å². The Hall–Kier alpha value is -2.61. The molecule has 140 valence electrons. The summed E-state index contributed by atoms with van der Waals surface area (Å²) in [4.78, 5) is 25.8. The highest BCUT2D eigenvalue weighted by molar-refractivity contribution is 5.86. The monoisotopic (exact) mass is 361 g/mol. The summed E-state index contributed by atoms with van der Waals surface area (Å²) in [6, 6.07) is 3.33. The van der Waals surface area contributed by atoms with Crippen LogP contribution in [0, 0.1) is 13.8 Å². The molecule has 1 saturated heterocycles. The zero-order valence-electron chi connectivity index (χ0n) is 15.2. The van der Waals surface area contributed by atoms with E-state index in [2.05, 4.69) is 20.1 Å². The summed E-state index contributed by atoms with van der Waals surface area (Å²) in [5.74, 6) is 0.796. The molecule has 1 N–H and O–H groups in total. The molecule has 0 bridgehead atoms. The van der Waals surface area contributed by atoms with E-state index in [0.29, 0.717) is 12.3 Å². The highest BCUT2D eigenvalue weighted by atomic mass is 16.5. The highest BCUT2D eigenvalue weighted by Gasteiger charge is 2.31. The number of aryl methyl sites for hydroxylation is 2. The quantitative estimate of drug-likeness (QED) is 0.787. The second-order valence-corrected chi connectivity index (χ2v) is 6.40. The third-order valence-electron chi connectivity index (χ3n) is 4.64. The zero-order valence-corrected chi connectivity index (χ0v) is 15.2.